The summed E-state index contributed by atoms with van der Waals surface area (Å²) in [6, 6.07) is 0. The van der Waals surface area contributed by atoms with Crippen LogP contribution in [0.1, 0.15) is 90.9 Å². The van der Waals surface area contributed by atoms with Gasteiger partial charge in [0.25, 0.3) is 0 Å². The number of hydrogen-bond donors (Lipinski definition) is 0. The summed E-state index contributed by atoms with van der Waals surface area (Å²) in [5, 5.41) is 0. The molecule has 0 N–H and O–H groups in total. The van der Waals surface area contributed by atoms with Gasteiger partial charge in [0.05, 0.1) is 21.1 Å². The summed E-state index contributed by atoms with van der Waals surface area (Å²) in [5.41, 5.74) is 0. The first-order valence-corrected chi connectivity index (χ1v) is 9.85. The Labute approximate surface area is 145 Å². The molecule has 0 rings (SSSR count). The van der Waals surface area contributed by atoms with Gasteiger partial charge in [0.1, 0.15) is 12.6 Å². The average Bonchev–Trinajstić information content (AvgIpc) is 2.42. The summed E-state index contributed by atoms with van der Waals surface area (Å²) < 4.78 is 6.29. The van der Waals surface area contributed by atoms with E-state index in [-0.39, 0.29) is 12.1 Å². The third-order valence-electron chi connectivity index (χ3n) is 4.12. The molecule has 0 aromatic rings. The molecule has 0 aromatic heterocycles. The molecule has 23 heavy (non-hydrogen) atoms. The van der Waals surface area contributed by atoms with Crippen molar-refractivity contribution < 1.29 is 14.0 Å². The Morgan fingerprint density at radius 1 is 0.826 bits per heavy atom. The fourth-order valence-corrected chi connectivity index (χ4v) is 3.03. The van der Waals surface area contributed by atoms with Crippen LogP contribution in [-0.2, 0) is 9.53 Å². The molecule has 0 aliphatic heterocycles. The molecule has 1 unspecified atom stereocenters. The van der Waals surface area contributed by atoms with Gasteiger partial charge < -0.3 is 9.22 Å². The Balaban J connectivity index is 3.36. The number of unbranched alkanes of at least 4 members (excludes halogenated alkanes) is 10. The lowest BCUT2D eigenvalue weighted by Gasteiger charge is -2.27. The van der Waals surface area contributed by atoms with Crippen LogP contribution in [0.3, 0.4) is 0 Å². The van der Waals surface area contributed by atoms with Gasteiger partial charge in [-0.05, 0) is 13.3 Å². The predicted molar refractivity (Wildman–Crippen MR) is 99.5 cm³/mol. The van der Waals surface area contributed by atoms with Gasteiger partial charge in [-0.2, -0.15) is 0 Å². The number of carbonyl (C=O) groups is 1. The fourth-order valence-electron chi connectivity index (χ4n) is 3.03. The Morgan fingerprint density at radius 2 is 1.26 bits per heavy atom. The zero-order chi connectivity index (χ0) is 17.6. The van der Waals surface area contributed by atoms with Crippen LogP contribution in [-0.4, -0.2) is 44.2 Å². The van der Waals surface area contributed by atoms with Crippen molar-refractivity contribution in [3.8, 4) is 0 Å². The van der Waals surface area contributed by atoms with Crippen LogP contribution in [0.15, 0.2) is 0 Å². The minimum atomic E-state index is -0.0260. The number of rotatable bonds is 15. The van der Waals surface area contributed by atoms with Crippen LogP contribution in [0.4, 0.5) is 0 Å². The van der Waals surface area contributed by atoms with E-state index in [4.69, 9.17) is 4.74 Å². The molecule has 0 fully saturated rings. The van der Waals surface area contributed by atoms with E-state index in [1.165, 1.54) is 57.8 Å². The van der Waals surface area contributed by atoms with Crippen molar-refractivity contribution in [3.05, 3.63) is 0 Å². The summed E-state index contributed by atoms with van der Waals surface area (Å²) in [5.74, 6) is -0.0260. The topological polar surface area (TPSA) is 26.3 Å². The van der Waals surface area contributed by atoms with E-state index < -0.39 is 0 Å². The van der Waals surface area contributed by atoms with Crippen molar-refractivity contribution in [2.24, 2.45) is 0 Å². The molecular formula is C20H42NO2+. The van der Waals surface area contributed by atoms with Gasteiger partial charge in [-0.15, -0.1) is 0 Å². The van der Waals surface area contributed by atoms with Crippen molar-refractivity contribution in [2.75, 3.05) is 27.7 Å². The third kappa shape index (κ3) is 17.6. The quantitative estimate of drug-likeness (QED) is 0.231. The van der Waals surface area contributed by atoms with Gasteiger partial charge in [0.2, 0.25) is 0 Å². The van der Waals surface area contributed by atoms with Gasteiger partial charge in [-0.1, -0.05) is 71.1 Å². The van der Waals surface area contributed by atoms with Gasteiger partial charge in [0.15, 0.2) is 0 Å². The molecule has 138 valence electrons. The second kappa shape index (κ2) is 13.8. The van der Waals surface area contributed by atoms with Crippen LogP contribution in [0, 0.1) is 0 Å². The predicted octanol–water partition coefficient (Wildman–Crippen LogP) is 5.33. The zero-order valence-corrected chi connectivity index (χ0v) is 16.5. The first-order chi connectivity index (χ1) is 10.8. The van der Waals surface area contributed by atoms with Gasteiger partial charge in [-0.25, -0.2) is 0 Å². The first kappa shape index (κ1) is 22.4. The molecule has 3 heteroatoms. The Bertz CT molecular complexity index is 284. The van der Waals surface area contributed by atoms with E-state index >= 15 is 0 Å². The van der Waals surface area contributed by atoms with Crippen LogP contribution in [0.5, 0.6) is 0 Å². The molecule has 1 atom stereocenters. The summed E-state index contributed by atoms with van der Waals surface area (Å²) in [7, 11) is 6.36. The number of ether oxygens (including phenoxy) is 1. The molecule has 0 amide bonds. The summed E-state index contributed by atoms with van der Waals surface area (Å²) >= 11 is 0. The highest BCUT2D eigenvalue weighted by Crippen LogP contribution is 2.12. The lowest BCUT2D eigenvalue weighted by molar-refractivity contribution is -0.873. The smallest absolute Gasteiger partial charge is 0.306 e. The minimum Gasteiger partial charge on any atom is -0.457 e. The normalized spacial score (nSPS) is 13.1. The summed E-state index contributed by atoms with van der Waals surface area (Å²) in [4.78, 5) is 11.8. The second-order valence-electron chi connectivity index (χ2n) is 8.06. The van der Waals surface area contributed by atoms with Crippen LogP contribution in [0.25, 0.3) is 0 Å². The molecule has 0 aromatic carbocycles. The molecule has 0 saturated carbocycles. The highest BCUT2D eigenvalue weighted by molar-refractivity contribution is 5.69. The molecule has 0 aliphatic rings. The molecule has 0 radical (unpaired) electrons. The lowest BCUT2D eigenvalue weighted by atomic mass is 10.1. The van der Waals surface area contributed by atoms with E-state index in [2.05, 4.69) is 28.1 Å². The second-order valence-corrected chi connectivity index (χ2v) is 8.06. The molecule has 0 spiro atoms. The third-order valence-corrected chi connectivity index (χ3v) is 4.12. The number of quaternary nitrogens is 1. The fraction of sp³-hybridized carbons (Fsp3) is 0.950. The maximum Gasteiger partial charge on any atom is 0.306 e. The van der Waals surface area contributed by atoms with Gasteiger partial charge in [0, 0.05) is 6.42 Å². The molecule has 0 heterocycles. The van der Waals surface area contributed by atoms with E-state index in [0.29, 0.717) is 6.42 Å². The lowest BCUT2D eigenvalue weighted by Crippen LogP contribution is -2.41. The highest BCUT2D eigenvalue weighted by atomic mass is 16.5. The van der Waals surface area contributed by atoms with Crippen molar-refractivity contribution in [1.82, 2.24) is 0 Å². The summed E-state index contributed by atoms with van der Waals surface area (Å²) in [6.45, 7) is 5.12. The zero-order valence-electron chi connectivity index (χ0n) is 16.5. The maximum atomic E-state index is 11.8. The van der Waals surface area contributed by atoms with Crippen molar-refractivity contribution in [3.63, 3.8) is 0 Å². The number of likely N-dealkylation sites (N-methyl/N-ethyl adjacent to an activating group) is 1. The van der Waals surface area contributed by atoms with Gasteiger partial charge >= 0.3 is 5.97 Å². The number of nitrogens with zero attached hydrogens (tertiary/aromatic N) is 1. The van der Waals surface area contributed by atoms with Crippen LogP contribution >= 0.6 is 0 Å². The van der Waals surface area contributed by atoms with E-state index in [1.807, 2.05) is 6.92 Å². The number of carbonyl (C=O) groups excluding carboxylic acids is 1. The van der Waals surface area contributed by atoms with Crippen molar-refractivity contribution in [2.45, 2.75) is 97.0 Å². The molecule has 0 bridgehead atoms. The Hall–Kier alpha value is -0.570. The van der Waals surface area contributed by atoms with Crippen LogP contribution in [0.2, 0.25) is 0 Å². The minimum absolute atomic E-state index is 0.00945. The van der Waals surface area contributed by atoms with Crippen LogP contribution < -0.4 is 0 Å². The standard InChI is InChI=1S/C20H42NO2/c1-6-7-8-9-10-11-12-13-14-15-16-17-20(22)23-19(2)18-21(3,4)5/h19H,6-18H2,1-5H3/q+1. The monoisotopic (exact) mass is 328 g/mol. The number of esters is 1. The largest absolute Gasteiger partial charge is 0.457 e. The first-order valence-electron chi connectivity index (χ1n) is 9.85. The summed E-state index contributed by atoms with van der Waals surface area (Å²) in [6.07, 6.45) is 15.0. The van der Waals surface area contributed by atoms with Crippen molar-refractivity contribution in [1.29, 1.82) is 0 Å². The maximum absolute atomic E-state index is 11.8. The SMILES string of the molecule is CCCCCCCCCCCCCC(=O)OC(C)C[N+](C)(C)C. The van der Waals surface area contributed by atoms with Gasteiger partial charge in [-0.3, -0.25) is 4.79 Å². The molecular weight excluding hydrogens is 286 g/mol. The van der Waals surface area contributed by atoms with Crippen molar-refractivity contribution >= 4 is 5.97 Å². The average molecular weight is 329 g/mol. The van der Waals surface area contributed by atoms with E-state index in [0.717, 1.165) is 23.9 Å². The molecule has 0 aliphatic carbocycles. The van der Waals surface area contributed by atoms with E-state index in [1.54, 1.807) is 0 Å². The van der Waals surface area contributed by atoms with E-state index in [9.17, 15) is 4.79 Å². The Morgan fingerprint density at radius 3 is 1.70 bits per heavy atom. The highest BCUT2D eigenvalue weighted by Gasteiger charge is 2.17. The molecule has 0 saturated heterocycles. The Kier molecular flexibility index (Phi) is 13.5. The molecule has 3 nitrogen and oxygen atoms in total. The number of hydrogen-bond acceptors (Lipinski definition) is 2.